The minimum absolute atomic E-state index is 0.0446. The average Bonchev–Trinajstić information content (AvgIpc) is 3.42. The van der Waals surface area contributed by atoms with Crippen LogP contribution in [0.5, 0.6) is 0 Å². The number of anilines is 1. The van der Waals surface area contributed by atoms with E-state index in [2.05, 4.69) is 10.3 Å². The van der Waals surface area contributed by atoms with Crippen molar-refractivity contribution >= 4 is 40.2 Å². The molecule has 0 radical (unpaired) electrons. The average molecular weight is 398 g/mol. The number of aromatic nitrogens is 1. The zero-order valence-electron chi connectivity index (χ0n) is 14.7. The fourth-order valence-corrected chi connectivity index (χ4v) is 4.68. The highest BCUT2D eigenvalue weighted by Gasteiger charge is 2.21. The molecule has 27 heavy (non-hydrogen) atoms. The molecule has 2 amide bonds. The molecule has 1 aliphatic rings. The van der Waals surface area contributed by atoms with Crippen LogP contribution < -0.4 is 10.2 Å². The summed E-state index contributed by atoms with van der Waals surface area (Å²) in [6.07, 6.45) is 1.83. The standard InChI is InChI=1S/C20H19N3O2S2/c24-18(11-15-13-27-20(22-15)17-3-2-10-26-17)21-12-14-5-7-16(8-6-14)23-9-1-4-19(23)25/h2-3,5-8,10,13H,1,4,9,11-12H2,(H,21,24). The van der Waals surface area contributed by atoms with Gasteiger partial charge in [0.05, 0.1) is 17.0 Å². The molecule has 3 aromatic rings. The van der Waals surface area contributed by atoms with Gasteiger partial charge in [-0.25, -0.2) is 4.98 Å². The molecular weight excluding hydrogens is 378 g/mol. The highest BCUT2D eigenvalue weighted by molar-refractivity contribution is 7.20. The maximum atomic E-state index is 12.2. The van der Waals surface area contributed by atoms with E-state index in [1.54, 1.807) is 22.7 Å². The van der Waals surface area contributed by atoms with Crippen molar-refractivity contribution in [2.24, 2.45) is 0 Å². The van der Waals surface area contributed by atoms with E-state index in [0.717, 1.165) is 39.8 Å². The quantitative estimate of drug-likeness (QED) is 0.687. The lowest BCUT2D eigenvalue weighted by molar-refractivity contribution is -0.120. The molecular formula is C20H19N3O2S2. The van der Waals surface area contributed by atoms with Crippen LogP contribution in [0.1, 0.15) is 24.1 Å². The van der Waals surface area contributed by atoms with E-state index in [-0.39, 0.29) is 18.2 Å². The number of nitrogens with zero attached hydrogens (tertiary/aromatic N) is 2. The van der Waals surface area contributed by atoms with Crippen molar-refractivity contribution in [3.05, 3.63) is 58.4 Å². The SMILES string of the molecule is O=C(Cc1csc(-c2cccs2)n1)NCc1ccc(N2CCCC2=O)cc1. The number of thiazole rings is 1. The summed E-state index contributed by atoms with van der Waals surface area (Å²) in [5.41, 5.74) is 2.73. The van der Waals surface area contributed by atoms with E-state index in [9.17, 15) is 9.59 Å². The largest absolute Gasteiger partial charge is 0.352 e. The highest BCUT2D eigenvalue weighted by atomic mass is 32.1. The van der Waals surface area contributed by atoms with Crippen LogP contribution in [0, 0.1) is 0 Å². The molecule has 1 saturated heterocycles. The lowest BCUT2D eigenvalue weighted by atomic mass is 10.2. The molecule has 0 spiro atoms. The minimum Gasteiger partial charge on any atom is -0.352 e. The van der Waals surface area contributed by atoms with Crippen LogP contribution in [0.15, 0.2) is 47.2 Å². The van der Waals surface area contributed by atoms with Gasteiger partial charge in [-0.1, -0.05) is 18.2 Å². The third-order valence-electron chi connectivity index (χ3n) is 4.44. The van der Waals surface area contributed by atoms with Gasteiger partial charge in [0, 0.05) is 30.6 Å². The zero-order valence-corrected chi connectivity index (χ0v) is 16.3. The Morgan fingerprint density at radius 2 is 2.04 bits per heavy atom. The van der Waals surface area contributed by atoms with E-state index in [0.29, 0.717) is 13.0 Å². The Bertz CT molecular complexity index is 933. The van der Waals surface area contributed by atoms with Gasteiger partial charge in [-0.2, -0.15) is 0 Å². The van der Waals surface area contributed by atoms with Crippen LogP contribution >= 0.6 is 22.7 Å². The van der Waals surface area contributed by atoms with Gasteiger partial charge in [-0.15, -0.1) is 22.7 Å². The molecule has 1 aromatic carbocycles. The number of amides is 2. The Balaban J connectivity index is 1.29. The van der Waals surface area contributed by atoms with Crippen molar-refractivity contribution in [3.8, 4) is 9.88 Å². The summed E-state index contributed by atoms with van der Waals surface area (Å²) in [6.45, 7) is 1.25. The molecule has 1 N–H and O–H groups in total. The van der Waals surface area contributed by atoms with Crippen LogP contribution in [0.2, 0.25) is 0 Å². The third kappa shape index (κ3) is 4.26. The van der Waals surface area contributed by atoms with Gasteiger partial charge >= 0.3 is 0 Å². The fourth-order valence-electron chi connectivity index (χ4n) is 3.04. The van der Waals surface area contributed by atoms with Crippen LogP contribution in [0.4, 0.5) is 5.69 Å². The summed E-state index contributed by atoms with van der Waals surface area (Å²) in [5, 5.41) is 7.86. The summed E-state index contributed by atoms with van der Waals surface area (Å²) < 4.78 is 0. The molecule has 4 rings (SSSR count). The van der Waals surface area contributed by atoms with Crippen LogP contribution in [-0.2, 0) is 22.6 Å². The number of benzene rings is 1. The van der Waals surface area contributed by atoms with Crippen molar-refractivity contribution in [2.75, 3.05) is 11.4 Å². The summed E-state index contributed by atoms with van der Waals surface area (Å²) >= 11 is 3.21. The van der Waals surface area contributed by atoms with Crippen molar-refractivity contribution in [2.45, 2.75) is 25.8 Å². The Morgan fingerprint density at radius 3 is 2.74 bits per heavy atom. The number of rotatable bonds is 6. The van der Waals surface area contributed by atoms with Crippen molar-refractivity contribution in [1.82, 2.24) is 10.3 Å². The maximum Gasteiger partial charge on any atom is 0.227 e. The van der Waals surface area contributed by atoms with Crippen molar-refractivity contribution in [3.63, 3.8) is 0 Å². The molecule has 0 unspecified atom stereocenters. The Kier molecular flexibility index (Phi) is 5.31. The van der Waals surface area contributed by atoms with Crippen LogP contribution in [0.25, 0.3) is 9.88 Å². The summed E-state index contributed by atoms with van der Waals surface area (Å²) in [6, 6.07) is 11.8. The number of hydrogen-bond acceptors (Lipinski definition) is 5. The predicted molar refractivity (Wildman–Crippen MR) is 109 cm³/mol. The summed E-state index contributed by atoms with van der Waals surface area (Å²) in [5.74, 6) is 0.137. The first kappa shape index (κ1) is 17.9. The highest BCUT2D eigenvalue weighted by Crippen LogP contribution is 2.28. The summed E-state index contributed by atoms with van der Waals surface area (Å²) in [7, 11) is 0. The molecule has 0 bridgehead atoms. The first-order valence-corrected chi connectivity index (χ1v) is 10.6. The molecule has 0 atom stereocenters. The minimum atomic E-state index is -0.0446. The molecule has 7 heteroatoms. The van der Waals surface area contributed by atoms with E-state index in [1.807, 2.05) is 52.1 Å². The number of hydrogen-bond donors (Lipinski definition) is 1. The molecule has 2 aromatic heterocycles. The molecule has 0 aliphatic carbocycles. The van der Waals surface area contributed by atoms with Crippen LogP contribution in [0.3, 0.4) is 0 Å². The van der Waals surface area contributed by atoms with E-state index in [4.69, 9.17) is 0 Å². The molecule has 3 heterocycles. The van der Waals surface area contributed by atoms with E-state index >= 15 is 0 Å². The van der Waals surface area contributed by atoms with Crippen LogP contribution in [-0.4, -0.2) is 23.3 Å². The predicted octanol–water partition coefficient (Wildman–Crippen LogP) is 3.86. The molecule has 0 saturated carbocycles. The van der Waals surface area contributed by atoms with Gasteiger partial charge in [0.15, 0.2) is 0 Å². The van der Waals surface area contributed by atoms with E-state index in [1.165, 1.54) is 0 Å². The first-order valence-electron chi connectivity index (χ1n) is 8.83. The fraction of sp³-hybridized carbons (Fsp3) is 0.250. The second kappa shape index (κ2) is 8.02. The number of nitrogens with one attached hydrogen (secondary N) is 1. The molecule has 1 fully saturated rings. The smallest absolute Gasteiger partial charge is 0.227 e. The second-order valence-corrected chi connectivity index (χ2v) is 8.20. The third-order valence-corrected chi connectivity index (χ3v) is 6.37. The number of thiophene rings is 1. The monoisotopic (exact) mass is 397 g/mol. The normalized spacial score (nSPS) is 13.9. The lowest BCUT2D eigenvalue weighted by Gasteiger charge is -2.16. The Hall–Kier alpha value is -2.51. The number of carbonyl (C=O) groups is 2. The van der Waals surface area contributed by atoms with Crippen molar-refractivity contribution < 1.29 is 9.59 Å². The van der Waals surface area contributed by atoms with Crippen molar-refractivity contribution in [1.29, 1.82) is 0 Å². The maximum absolute atomic E-state index is 12.2. The van der Waals surface area contributed by atoms with Gasteiger partial charge in [-0.05, 0) is 35.6 Å². The Labute approximate surface area is 165 Å². The second-order valence-electron chi connectivity index (χ2n) is 6.39. The summed E-state index contributed by atoms with van der Waals surface area (Å²) in [4.78, 5) is 31.5. The van der Waals surface area contributed by atoms with Gasteiger partial charge in [0.1, 0.15) is 5.01 Å². The van der Waals surface area contributed by atoms with Gasteiger partial charge in [-0.3, -0.25) is 9.59 Å². The number of carbonyl (C=O) groups excluding carboxylic acids is 2. The van der Waals surface area contributed by atoms with Gasteiger partial charge in [0.25, 0.3) is 0 Å². The van der Waals surface area contributed by atoms with Gasteiger partial charge in [0.2, 0.25) is 11.8 Å². The zero-order chi connectivity index (χ0) is 18.6. The Morgan fingerprint density at radius 1 is 1.19 bits per heavy atom. The molecule has 5 nitrogen and oxygen atoms in total. The van der Waals surface area contributed by atoms with Gasteiger partial charge < -0.3 is 10.2 Å². The molecule has 138 valence electrons. The topological polar surface area (TPSA) is 62.3 Å². The van der Waals surface area contributed by atoms with E-state index < -0.39 is 0 Å². The lowest BCUT2D eigenvalue weighted by Crippen LogP contribution is -2.25. The first-order chi connectivity index (χ1) is 13.2. The molecule has 1 aliphatic heterocycles.